The van der Waals surface area contributed by atoms with Crippen LogP contribution in [0, 0.1) is 17.6 Å². The molecule has 1 fully saturated rings. The number of hydrogen-bond donors (Lipinski definition) is 1. The van der Waals surface area contributed by atoms with Gasteiger partial charge in [-0.15, -0.1) is 0 Å². The molecule has 0 radical (unpaired) electrons. The molecule has 0 aliphatic carbocycles. The zero-order valence-corrected chi connectivity index (χ0v) is 21.0. The smallest absolute Gasteiger partial charge is 0.223 e. The van der Waals surface area contributed by atoms with Gasteiger partial charge < -0.3 is 9.73 Å². The lowest BCUT2D eigenvalue weighted by Crippen LogP contribution is -2.41. The standard InChI is InChI=1S/C26H35N5O2S/c1-3-4-8-14-27-25(32)22-11-15-29(16-12-22)19-31-26(34)30(18-21-9-6-5-7-10-21)24(28-31)23-13-17-33-20(23)2/h5-7,9-10,13,17,22H,3-4,8,11-12,14-16,18-19H2,1-2H3,(H,27,32). The van der Waals surface area contributed by atoms with E-state index in [0.29, 0.717) is 18.0 Å². The maximum absolute atomic E-state index is 12.5. The highest BCUT2D eigenvalue weighted by Gasteiger charge is 2.26. The average Bonchev–Trinajstić information content (AvgIpc) is 3.41. The fourth-order valence-corrected chi connectivity index (χ4v) is 4.76. The minimum Gasteiger partial charge on any atom is -0.469 e. The summed E-state index contributed by atoms with van der Waals surface area (Å²) in [5, 5.41) is 8.02. The highest BCUT2D eigenvalue weighted by molar-refractivity contribution is 7.71. The van der Waals surface area contributed by atoms with Gasteiger partial charge in [-0.05, 0) is 50.0 Å². The number of furan rings is 1. The van der Waals surface area contributed by atoms with Crippen molar-refractivity contribution in [1.82, 2.24) is 24.6 Å². The summed E-state index contributed by atoms with van der Waals surface area (Å²) in [4.78, 5) is 14.8. The third-order valence-electron chi connectivity index (χ3n) is 6.58. The van der Waals surface area contributed by atoms with E-state index in [2.05, 4.69) is 33.8 Å². The quantitative estimate of drug-likeness (QED) is 0.326. The number of aryl methyl sites for hydroxylation is 1. The first kappa shape index (κ1) is 24.4. The topological polar surface area (TPSA) is 68.2 Å². The van der Waals surface area contributed by atoms with E-state index in [1.54, 1.807) is 6.26 Å². The third kappa shape index (κ3) is 5.85. The number of unbranched alkanes of at least 4 members (excludes halogenated alkanes) is 2. The first-order chi connectivity index (χ1) is 16.6. The van der Waals surface area contributed by atoms with Gasteiger partial charge in [0.25, 0.3) is 0 Å². The van der Waals surface area contributed by atoms with Gasteiger partial charge in [-0.1, -0.05) is 50.1 Å². The van der Waals surface area contributed by atoms with Crippen LogP contribution in [0.3, 0.4) is 0 Å². The molecule has 3 aromatic rings. The molecule has 2 aromatic heterocycles. The summed E-state index contributed by atoms with van der Waals surface area (Å²) >= 11 is 5.87. The summed E-state index contributed by atoms with van der Waals surface area (Å²) in [6.07, 6.45) is 6.81. The number of carbonyl (C=O) groups is 1. The summed E-state index contributed by atoms with van der Waals surface area (Å²) in [5.74, 6) is 1.96. The van der Waals surface area contributed by atoms with Crippen molar-refractivity contribution in [3.05, 3.63) is 58.8 Å². The molecule has 4 rings (SSSR count). The van der Waals surface area contributed by atoms with Gasteiger partial charge in [-0.3, -0.25) is 14.3 Å². The number of rotatable bonds is 10. The lowest BCUT2D eigenvalue weighted by atomic mass is 9.96. The van der Waals surface area contributed by atoms with E-state index < -0.39 is 0 Å². The summed E-state index contributed by atoms with van der Waals surface area (Å²) in [6.45, 7) is 7.91. The first-order valence-electron chi connectivity index (χ1n) is 12.3. The molecule has 182 valence electrons. The fourth-order valence-electron chi connectivity index (χ4n) is 4.51. The minimum absolute atomic E-state index is 0.102. The molecule has 1 aliphatic heterocycles. The van der Waals surface area contributed by atoms with Crippen LogP contribution < -0.4 is 5.32 Å². The summed E-state index contributed by atoms with van der Waals surface area (Å²) in [5.41, 5.74) is 2.13. The van der Waals surface area contributed by atoms with Crippen molar-refractivity contribution < 1.29 is 9.21 Å². The van der Waals surface area contributed by atoms with Crippen molar-refractivity contribution >= 4 is 18.1 Å². The number of benzene rings is 1. The van der Waals surface area contributed by atoms with Crippen LogP contribution in [0.2, 0.25) is 0 Å². The van der Waals surface area contributed by atoms with E-state index in [1.165, 1.54) is 12.0 Å². The lowest BCUT2D eigenvalue weighted by Gasteiger charge is -2.30. The molecule has 0 atom stereocenters. The van der Waals surface area contributed by atoms with Gasteiger partial charge in [0.2, 0.25) is 5.91 Å². The van der Waals surface area contributed by atoms with Gasteiger partial charge in [-0.25, -0.2) is 4.68 Å². The number of carbonyl (C=O) groups excluding carboxylic acids is 1. The molecular weight excluding hydrogens is 446 g/mol. The maximum Gasteiger partial charge on any atom is 0.223 e. The normalized spacial score (nSPS) is 15.0. The predicted molar refractivity (Wildman–Crippen MR) is 136 cm³/mol. The van der Waals surface area contributed by atoms with Gasteiger partial charge in [0.15, 0.2) is 10.6 Å². The highest BCUT2D eigenvalue weighted by atomic mass is 32.1. The molecular formula is C26H35N5O2S. The van der Waals surface area contributed by atoms with Gasteiger partial charge >= 0.3 is 0 Å². The summed E-state index contributed by atoms with van der Waals surface area (Å²) < 4.78 is 10.2. The first-order valence-corrected chi connectivity index (χ1v) is 12.7. The number of hydrogen-bond acceptors (Lipinski definition) is 5. The number of aromatic nitrogens is 3. The van der Waals surface area contributed by atoms with Crippen molar-refractivity contribution in [2.45, 2.75) is 59.2 Å². The van der Waals surface area contributed by atoms with E-state index in [1.807, 2.05) is 35.9 Å². The number of amides is 1. The molecule has 1 N–H and O–H groups in total. The lowest BCUT2D eigenvalue weighted by molar-refractivity contribution is -0.126. The molecule has 0 saturated carbocycles. The minimum atomic E-state index is 0.102. The van der Waals surface area contributed by atoms with Crippen LogP contribution >= 0.6 is 12.2 Å². The Morgan fingerprint density at radius 1 is 1.18 bits per heavy atom. The zero-order valence-electron chi connectivity index (χ0n) is 20.2. The van der Waals surface area contributed by atoms with Crippen LogP contribution in [0.25, 0.3) is 11.4 Å². The molecule has 1 aliphatic rings. The largest absolute Gasteiger partial charge is 0.469 e. The Hall–Kier alpha value is -2.71. The van der Waals surface area contributed by atoms with Crippen LogP contribution in [0.1, 0.15) is 50.4 Å². The maximum atomic E-state index is 12.5. The Bertz CT molecular complexity index is 1130. The SMILES string of the molecule is CCCCCNC(=O)C1CCN(Cn2nc(-c3ccoc3C)n(Cc3ccccc3)c2=S)CC1. The van der Waals surface area contributed by atoms with Gasteiger partial charge in [0.05, 0.1) is 25.0 Å². The second-order valence-corrected chi connectivity index (χ2v) is 9.46. The Morgan fingerprint density at radius 3 is 2.62 bits per heavy atom. The van der Waals surface area contributed by atoms with E-state index >= 15 is 0 Å². The number of nitrogens with one attached hydrogen (secondary N) is 1. The monoisotopic (exact) mass is 481 g/mol. The van der Waals surface area contributed by atoms with Gasteiger partial charge in [0.1, 0.15) is 5.76 Å². The van der Waals surface area contributed by atoms with E-state index in [4.69, 9.17) is 21.7 Å². The van der Waals surface area contributed by atoms with Gasteiger partial charge in [-0.2, -0.15) is 5.10 Å². The number of piperidine rings is 1. The predicted octanol–water partition coefficient (Wildman–Crippen LogP) is 5.01. The zero-order chi connectivity index (χ0) is 23.9. The van der Waals surface area contributed by atoms with Crippen molar-refractivity contribution in [2.24, 2.45) is 5.92 Å². The molecule has 8 heteroatoms. The summed E-state index contributed by atoms with van der Waals surface area (Å²) in [7, 11) is 0. The van der Waals surface area contributed by atoms with Crippen molar-refractivity contribution in [3.63, 3.8) is 0 Å². The molecule has 1 aromatic carbocycles. The number of likely N-dealkylation sites (tertiary alicyclic amines) is 1. The molecule has 7 nitrogen and oxygen atoms in total. The van der Waals surface area contributed by atoms with E-state index in [9.17, 15) is 4.79 Å². The second-order valence-electron chi connectivity index (χ2n) is 9.10. The average molecular weight is 482 g/mol. The number of nitrogens with zero attached hydrogens (tertiary/aromatic N) is 4. The Labute approximate surface area is 206 Å². The van der Waals surface area contributed by atoms with Crippen molar-refractivity contribution in [3.8, 4) is 11.4 Å². The van der Waals surface area contributed by atoms with Crippen LogP contribution in [-0.2, 0) is 18.0 Å². The molecule has 1 saturated heterocycles. The van der Waals surface area contributed by atoms with Crippen LogP contribution in [0.5, 0.6) is 0 Å². The molecule has 0 bridgehead atoms. The molecule has 0 unspecified atom stereocenters. The van der Waals surface area contributed by atoms with E-state index in [0.717, 1.165) is 62.5 Å². The highest BCUT2D eigenvalue weighted by Crippen LogP contribution is 2.25. The van der Waals surface area contributed by atoms with Crippen molar-refractivity contribution in [2.75, 3.05) is 19.6 Å². The molecule has 1 amide bonds. The fraction of sp³-hybridized carbons (Fsp3) is 0.500. The molecule has 0 spiro atoms. The Balaban J connectivity index is 1.44. The Morgan fingerprint density at radius 2 is 1.94 bits per heavy atom. The van der Waals surface area contributed by atoms with Crippen molar-refractivity contribution in [1.29, 1.82) is 0 Å². The van der Waals surface area contributed by atoms with Crippen LogP contribution in [-0.4, -0.2) is 44.8 Å². The molecule has 3 heterocycles. The second kappa shape index (κ2) is 11.6. The summed E-state index contributed by atoms with van der Waals surface area (Å²) in [6, 6.07) is 12.2. The van der Waals surface area contributed by atoms with Crippen LogP contribution in [0.4, 0.5) is 0 Å². The van der Waals surface area contributed by atoms with Gasteiger partial charge in [0, 0.05) is 25.6 Å². The van der Waals surface area contributed by atoms with E-state index in [-0.39, 0.29) is 11.8 Å². The molecule has 34 heavy (non-hydrogen) atoms. The Kier molecular flexibility index (Phi) is 8.34. The van der Waals surface area contributed by atoms with Crippen LogP contribution in [0.15, 0.2) is 47.1 Å². The third-order valence-corrected chi connectivity index (χ3v) is 7.01.